The van der Waals surface area contributed by atoms with Gasteiger partial charge in [-0.05, 0) is 35.0 Å². The van der Waals surface area contributed by atoms with Crippen LogP contribution in [0.25, 0.3) is 27.2 Å². The second-order valence-electron chi connectivity index (χ2n) is 7.99. The molecule has 9 heteroatoms. The molecule has 0 spiro atoms. The third kappa shape index (κ3) is 3.37. The van der Waals surface area contributed by atoms with Crippen molar-refractivity contribution in [1.82, 2.24) is 4.40 Å². The largest absolute Gasteiger partial charge is 0.465 e. The SMILES string of the molecule is COC(=O)c1c(C(=O)OC)c2ccc3c4ccccc4ccc3n2c1C(=O)c1ccc([N+](=O)[O-])cc1. The van der Waals surface area contributed by atoms with Crippen molar-refractivity contribution in [2.45, 2.75) is 0 Å². The Kier molecular flexibility index (Phi) is 5.44. The number of ether oxygens (including phenoxy) is 2. The first-order chi connectivity index (χ1) is 17.4. The molecule has 2 aromatic heterocycles. The van der Waals surface area contributed by atoms with Gasteiger partial charge in [-0.3, -0.25) is 14.9 Å². The predicted molar refractivity (Wildman–Crippen MR) is 132 cm³/mol. The minimum Gasteiger partial charge on any atom is -0.465 e. The van der Waals surface area contributed by atoms with Gasteiger partial charge in [0.25, 0.3) is 5.69 Å². The summed E-state index contributed by atoms with van der Waals surface area (Å²) in [5.41, 5.74) is 0.323. The number of nitro benzene ring substituents is 1. The summed E-state index contributed by atoms with van der Waals surface area (Å²) in [4.78, 5) is 50.2. The zero-order valence-corrected chi connectivity index (χ0v) is 19.2. The Hall–Kier alpha value is -5.05. The molecule has 0 saturated carbocycles. The first-order valence-corrected chi connectivity index (χ1v) is 10.8. The van der Waals surface area contributed by atoms with Gasteiger partial charge in [0.1, 0.15) is 16.8 Å². The normalized spacial score (nSPS) is 11.1. The summed E-state index contributed by atoms with van der Waals surface area (Å²) in [5, 5.41) is 13.8. The minimum atomic E-state index is -0.890. The van der Waals surface area contributed by atoms with Gasteiger partial charge in [-0.2, -0.15) is 0 Å². The molecule has 0 bridgehead atoms. The topological polar surface area (TPSA) is 117 Å². The molecule has 0 N–H and O–H groups in total. The van der Waals surface area contributed by atoms with E-state index in [4.69, 9.17) is 9.47 Å². The fourth-order valence-electron chi connectivity index (χ4n) is 4.51. The number of esters is 2. The molecule has 178 valence electrons. The maximum atomic E-state index is 13.9. The Labute approximate surface area is 203 Å². The van der Waals surface area contributed by atoms with Crippen molar-refractivity contribution in [3.63, 3.8) is 0 Å². The van der Waals surface area contributed by atoms with Crippen LogP contribution in [0.2, 0.25) is 0 Å². The number of benzene rings is 3. The Bertz CT molecular complexity index is 1730. The number of pyridine rings is 1. The number of non-ortho nitro benzene ring substituents is 1. The lowest BCUT2D eigenvalue weighted by Gasteiger charge is -2.10. The molecule has 0 aliphatic carbocycles. The van der Waals surface area contributed by atoms with Crippen LogP contribution in [0.3, 0.4) is 0 Å². The van der Waals surface area contributed by atoms with Crippen LogP contribution >= 0.6 is 0 Å². The monoisotopic (exact) mass is 482 g/mol. The zero-order valence-electron chi connectivity index (χ0n) is 19.2. The van der Waals surface area contributed by atoms with Gasteiger partial charge in [0.2, 0.25) is 5.78 Å². The summed E-state index contributed by atoms with van der Waals surface area (Å²) in [6.07, 6.45) is 0. The van der Waals surface area contributed by atoms with Crippen LogP contribution in [0.1, 0.15) is 36.8 Å². The van der Waals surface area contributed by atoms with E-state index in [0.717, 1.165) is 23.3 Å². The molecule has 5 aromatic rings. The second kappa shape index (κ2) is 8.62. The quantitative estimate of drug-likeness (QED) is 0.114. The highest BCUT2D eigenvalue weighted by molar-refractivity contribution is 6.21. The highest BCUT2D eigenvalue weighted by atomic mass is 16.6. The maximum Gasteiger partial charge on any atom is 0.341 e. The molecule has 0 radical (unpaired) electrons. The van der Waals surface area contributed by atoms with Gasteiger partial charge in [0.15, 0.2) is 0 Å². The highest BCUT2D eigenvalue weighted by Crippen LogP contribution is 2.34. The van der Waals surface area contributed by atoms with Gasteiger partial charge in [-0.25, -0.2) is 9.59 Å². The molecule has 0 aliphatic rings. The van der Waals surface area contributed by atoms with Crippen LogP contribution in [0.4, 0.5) is 5.69 Å². The Morgan fingerprint density at radius 2 is 1.39 bits per heavy atom. The molecule has 5 rings (SSSR count). The van der Waals surface area contributed by atoms with Crippen LogP contribution in [0, 0.1) is 10.1 Å². The third-order valence-electron chi connectivity index (χ3n) is 6.14. The van der Waals surface area contributed by atoms with Gasteiger partial charge in [-0.15, -0.1) is 0 Å². The van der Waals surface area contributed by atoms with E-state index in [-0.39, 0.29) is 33.6 Å². The van der Waals surface area contributed by atoms with E-state index in [1.54, 1.807) is 16.5 Å². The van der Waals surface area contributed by atoms with Crippen LogP contribution in [0.5, 0.6) is 0 Å². The summed E-state index contributed by atoms with van der Waals surface area (Å²) < 4.78 is 11.5. The smallest absolute Gasteiger partial charge is 0.341 e. The molecule has 0 atom stereocenters. The molecule has 36 heavy (non-hydrogen) atoms. The van der Waals surface area contributed by atoms with Crippen LogP contribution < -0.4 is 0 Å². The van der Waals surface area contributed by atoms with Crippen molar-refractivity contribution >= 4 is 50.6 Å². The standard InChI is InChI=1S/C27H18N2O7/c1-35-26(31)22-21-14-12-19-18-6-4-3-5-15(18)9-13-20(19)28(21)24(23(22)27(32)36-2)25(30)16-7-10-17(11-8-16)29(33)34/h3-14H,1-2H3. The van der Waals surface area contributed by atoms with Crippen molar-refractivity contribution in [2.24, 2.45) is 0 Å². The number of hydrogen-bond donors (Lipinski definition) is 0. The third-order valence-corrected chi connectivity index (χ3v) is 6.14. The van der Waals surface area contributed by atoms with E-state index in [9.17, 15) is 24.5 Å². The summed E-state index contributed by atoms with van der Waals surface area (Å²) >= 11 is 0. The minimum absolute atomic E-state index is 0.0966. The number of nitrogens with zero attached hydrogens (tertiary/aromatic N) is 2. The van der Waals surface area contributed by atoms with Crippen molar-refractivity contribution in [3.8, 4) is 0 Å². The molecule has 0 aliphatic heterocycles. The summed E-state index contributed by atoms with van der Waals surface area (Å²) in [5.74, 6) is -2.31. The first-order valence-electron chi connectivity index (χ1n) is 10.8. The Morgan fingerprint density at radius 3 is 2.06 bits per heavy atom. The van der Waals surface area contributed by atoms with Crippen molar-refractivity contribution in [2.75, 3.05) is 14.2 Å². The van der Waals surface area contributed by atoms with E-state index < -0.39 is 22.6 Å². The van der Waals surface area contributed by atoms with Gasteiger partial charge in [-0.1, -0.05) is 36.4 Å². The van der Waals surface area contributed by atoms with Crippen LogP contribution in [-0.4, -0.2) is 41.3 Å². The summed E-state index contributed by atoms with van der Waals surface area (Å²) in [7, 11) is 2.33. The number of rotatable bonds is 5. The first kappa shape index (κ1) is 22.7. The average molecular weight is 482 g/mol. The van der Waals surface area contributed by atoms with E-state index in [2.05, 4.69) is 0 Å². The number of carbonyl (C=O) groups is 3. The van der Waals surface area contributed by atoms with E-state index in [0.29, 0.717) is 5.52 Å². The number of aromatic nitrogens is 1. The highest BCUT2D eigenvalue weighted by Gasteiger charge is 2.34. The Morgan fingerprint density at radius 1 is 0.750 bits per heavy atom. The lowest BCUT2D eigenvalue weighted by Crippen LogP contribution is -2.15. The fourth-order valence-corrected chi connectivity index (χ4v) is 4.51. The van der Waals surface area contributed by atoms with Crippen molar-refractivity contribution < 1.29 is 28.8 Å². The van der Waals surface area contributed by atoms with Gasteiger partial charge in [0, 0.05) is 23.1 Å². The molecule has 0 saturated heterocycles. The summed E-state index contributed by atoms with van der Waals surface area (Å²) in [6.45, 7) is 0. The molecular formula is C27H18N2O7. The fraction of sp³-hybridized carbons (Fsp3) is 0.0741. The van der Waals surface area contributed by atoms with E-state index >= 15 is 0 Å². The molecule has 3 aromatic carbocycles. The zero-order chi connectivity index (χ0) is 25.6. The Balaban J connectivity index is 1.93. The number of carbonyl (C=O) groups excluding carboxylic acids is 3. The van der Waals surface area contributed by atoms with E-state index in [1.165, 1.54) is 31.4 Å². The molecule has 2 heterocycles. The number of hydrogen-bond acceptors (Lipinski definition) is 7. The number of ketones is 1. The lowest BCUT2D eigenvalue weighted by molar-refractivity contribution is -0.384. The van der Waals surface area contributed by atoms with Crippen molar-refractivity contribution in [3.05, 3.63) is 105 Å². The van der Waals surface area contributed by atoms with Gasteiger partial charge < -0.3 is 13.9 Å². The van der Waals surface area contributed by atoms with Crippen LogP contribution in [0.15, 0.2) is 72.8 Å². The number of methoxy groups -OCH3 is 2. The lowest BCUT2D eigenvalue weighted by atomic mass is 10.0. The maximum absolute atomic E-state index is 13.9. The average Bonchev–Trinajstić information content (AvgIpc) is 3.27. The van der Waals surface area contributed by atoms with E-state index in [1.807, 2.05) is 36.4 Å². The number of nitro groups is 1. The van der Waals surface area contributed by atoms with Gasteiger partial charge >= 0.3 is 11.9 Å². The molecule has 0 fully saturated rings. The van der Waals surface area contributed by atoms with Gasteiger partial charge in [0.05, 0.1) is 30.2 Å². The summed E-state index contributed by atoms with van der Waals surface area (Å²) in [6, 6.07) is 19.9. The van der Waals surface area contributed by atoms with Crippen LogP contribution in [-0.2, 0) is 9.47 Å². The number of fused-ring (bicyclic) bond motifs is 5. The molecule has 0 amide bonds. The molecule has 9 nitrogen and oxygen atoms in total. The predicted octanol–water partition coefficient (Wildman–Crippen LogP) is 4.96. The van der Waals surface area contributed by atoms with Crippen molar-refractivity contribution in [1.29, 1.82) is 0 Å². The molecular weight excluding hydrogens is 464 g/mol. The molecule has 0 unspecified atom stereocenters. The second-order valence-corrected chi connectivity index (χ2v) is 7.99.